The topological polar surface area (TPSA) is 95.9 Å². The molecule has 0 bridgehead atoms. The Kier molecular flexibility index (Phi) is 3.99. The van der Waals surface area contributed by atoms with Gasteiger partial charge in [0.15, 0.2) is 11.0 Å². The Balaban J connectivity index is 1.96. The number of carbonyl (C=O) groups excluding carboxylic acids is 1. The van der Waals surface area contributed by atoms with Gasteiger partial charge in [-0.15, -0.1) is 21.5 Å². The van der Waals surface area contributed by atoms with Crippen molar-refractivity contribution in [3.05, 3.63) is 18.3 Å². The van der Waals surface area contributed by atoms with Gasteiger partial charge in [0.05, 0.1) is 23.4 Å². The number of methoxy groups -OCH3 is 1. The molecule has 9 heteroatoms. The van der Waals surface area contributed by atoms with Crippen LogP contribution in [0.4, 0.5) is 5.69 Å². The van der Waals surface area contributed by atoms with E-state index in [1.54, 1.807) is 6.20 Å². The third kappa shape index (κ3) is 2.53. The van der Waals surface area contributed by atoms with Gasteiger partial charge in [0.2, 0.25) is 0 Å². The molecule has 0 amide bonds. The number of pyridine rings is 1. The fourth-order valence-corrected chi connectivity index (χ4v) is 3.77. The summed E-state index contributed by atoms with van der Waals surface area (Å²) in [5.74, 6) is 0.541. The number of thioether (sulfide) groups is 1. The minimum absolute atomic E-state index is 0.186. The molecular formula is C13H13N5O2S2. The van der Waals surface area contributed by atoms with Crippen LogP contribution in [0.1, 0.15) is 0 Å². The quantitative estimate of drug-likeness (QED) is 0.575. The Bertz CT molecular complexity index is 842. The van der Waals surface area contributed by atoms with Gasteiger partial charge in [-0.3, -0.25) is 4.79 Å². The van der Waals surface area contributed by atoms with Crippen molar-refractivity contribution in [1.29, 1.82) is 0 Å². The Labute approximate surface area is 134 Å². The molecule has 0 aliphatic heterocycles. The van der Waals surface area contributed by atoms with Crippen LogP contribution in [0.2, 0.25) is 0 Å². The normalized spacial score (nSPS) is 11.0. The molecule has 114 valence electrons. The van der Waals surface area contributed by atoms with E-state index in [9.17, 15) is 4.79 Å². The van der Waals surface area contributed by atoms with E-state index in [0.717, 1.165) is 15.1 Å². The Morgan fingerprint density at radius 1 is 1.50 bits per heavy atom. The smallest absolute Gasteiger partial charge is 0.316 e. The Hall–Kier alpha value is -2.13. The maximum Gasteiger partial charge on any atom is 0.316 e. The number of anilines is 1. The van der Waals surface area contributed by atoms with E-state index >= 15 is 0 Å². The lowest BCUT2D eigenvalue weighted by Crippen LogP contribution is -2.04. The van der Waals surface area contributed by atoms with Crippen LogP contribution in [0.3, 0.4) is 0 Å². The lowest BCUT2D eigenvalue weighted by molar-refractivity contribution is -0.137. The van der Waals surface area contributed by atoms with Crippen molar-refractivity contribution in [3.63, 3.8) is 0 Å². The highest BCUT2D eigenvalue weighted by molar-refractivity contribution is 7.99. The van der Waals surface area contributed by atoms with Crippen molar-refractivity contribution >= 4 is 45.0 Å². The number of nitrogen functional groups attached to an aromatic ring is 1. The highest BCUT2D eigenvalue weighted by Gasteiger charge is 2.19. The van der Waals surface area contributed by atoms with Gasteiger partial charge in [0.1, 0.15) is 4.83 Å². The number of aromatic nitrogens is 4. The molecule has 0 aliphatic rings. The fraction of sp³-hybridized carbons (Fsp3) is 0.231. The third-order valence-corrected chi connectivity index (χ3v) is 5.21. The summed E-state index contributed by atoms with van der Waals surface area (Å²) in [6, 6.07) is 3.78. The Morgan fingerprint density at radius 2 is 2.32 bits per heavy atom. The average molecular weight is 335 g/mol. The predicted molar refractivity (Wildman–Crippen MR) is 86.8 cm³/mol. The summed E-state index contributed by atoms with van der Waals surface area (Å²) in [4.78, 5) is 17.2. The first-order valence-electron chi connectivity index (χ1n) is 6.34. The highest BCUT2D eigenvalue weighted by atomic mass is 32.2. The van der Waals surface area contributed by atoms with Crippen molar-refractivity contribution in [2.24, 2.45) is 7.05 Å². The molecule has 0 saturated heterocycles. The molecule has 3 heterocycles. The predicted octanol–water partition coefficient (Wildman–Crippen LogP) is 1.94. The van der Waals surface area contributed by atoms with Crippen molar-refractivity contribution in [2.75, 3.05) is 18.6 Å². The number of thiophene rings is 1. The van der Waals surface area contributed by atoms with Crippen LogP contribution >= 0.6 is 23.1 Å². The first-order valence-corrected chi connectivity index (χ1v) is 8.14. The summed E-state index contributed by atoms with van der Waals surface area (Å²) >= 11 is 2.74. The van der Waals surface area contributed by atoms with Crippen LogP contribution in [-0.2, 0) is 16.6 Å². The van der Waals surface area contributed by atoms with Crippen molar-refractivity contribution in [3.8, 4) is 10.7 Å². The molecular weight excluding hydrogens is 322 g/mol. The fourth-order valence-electron chi connectivity index (χ4n) is 1.94. The van der Waals surface area contributed by atoms with Gasteiger partial charge in [-0.1, -0.05) is 11.8 Å². The van der Waals surface area contributed by atoms with E-state index in [-0.39, 0.29) is 11.7 Å². The standard InChI is InChI=1S/C13H13N5O2S2/c1-18-11(16-17-13(18)21-6-8(19)20-2)10-9(14)7-4-3-5-15-12(7)22-10/h3-5H,6,14H2,1-2H3. The number of nitrogens with two attached hydrogens (primary N) is 1. The van der Waals surface area contributed by atoms with Crippen LogP contribution < -0.4 is 5.73 Å². The Morgan fingerprint density at radius 3 is 3.05 bits per heavy atom. The summed E-state index contributed by atoms with van der Waals surface area (Å²) in [5.41, 5.74) is 6.85. The maximum absolute atomic E-state index is 11.2. The van der Waals surface area contributed by atoms with Crippen molar-refractivity contribution < 1.29 is 9.53 Å². The molecule has 2 N–H and O–H groups in total. The monoisotopic (exact) mass is 335 g/mol. The van der Waals surface area contributed by atoms with Crippen LogP contribution in [0.25, 0.3) is 20.9 Å². The second-order valence-electron chi connectivity index (χ2n) is 4.43. The molecule has 0 aromatic carbocycles. The van der Waals surface area contributed by atoms with Crippen LogP contribution in [0, 0.1) is 0 Å². The van der Waals surface area contributed by atoms with Gasteiger partial charge in [-0.05, 0) is 12.1 Å². The number of nitrogens with zero attached hydrogens (tertiary/aromatic N) is 4. The molecule has 3 aromatic rings. The summed E-state index contributed by atoms with van der Waals surface area (Å²) in [6.07, 6.45) is 1.73. The minimum atomic E-state index is -0.305. The average Bonchev–Trinajstić information content (AvgIpc) is 3.06. The van der Waals surface area contributed by atoms with E-state index in [4.69, 9.17) is 5.73 Å². The van der Waals surface area contributed by atoms with E-state index in [0.29, 0.717) is 16.7 Å². The van der Waals surface area contributed by atoms with E-state index < -0.39 is 0 Å². The summed E-state index contributed by atoms with van der Waals surface area (Å²) < 4.78 is 6.43. The molecule has 3 rings (SSSR count). The molecule has 0 aliphatic carbocycles. The number of carbonyl (C=O) groups is 1. The molecule has 7 nitrogen and oxygen atoms in total. The zero-order chi connectivity index (χ0) is 15.7. The van der Waals surface area contributed by atoms with Crippen LogP contribution in [-0.4, -0.2) is 38.6 Å². The molecule has 0 fully saturated rings. The van der Waals surface area contributed by atoms with Gasteiger partial charge >= 0.3 is 5.97 Å². The van der Waals surface area contributed by atoms with Gasteiger partial charge < -0.3 is 15.0 Å². The molecule has 0 unspecified atom stereocenters. The van der Waals surface area contributed by atoms with Gasteiger partial charge in [-0.25, -0.2) is 4.98 Å². The second kappa shape index (κ2) is 5.93. The van der Waals surface area contributed by atoms with Crippen LogP contribution in [0.15, 0.2) is 23.5 Å². The van der Waals surface area contributed by atoms with Crippen molar-refractivity contribution in [2.45, 2.75) is 5.16 Å². The van der Waals surface area contributed by atoms with Crippen molar-refractivity contribution in [1.82, 2.24) is 19.7 Å². The second-order valence-corrected chi connectivity index (χ2v) is 6.37. The largest absolute Gasteiger partial charge is 0.468 e. The maximum atomic E-state index is 11.2. The summed E-state index contributed by atoms with van der Waals surface area (Å²) in [5, 5.41) is 9.84. The molecule has 0 saturated carbocycles. The van der Waals surface area contributed by atoms with Crippen LogP contribution in [0.5, 0.6) is 0 Å². The number of rotatable bonds is 4. The third-order valence-electron chi connectivity index (χ3n) is 3.09. The number of esters is 1. The lowest BCUT2D eigenvalue weighted by atomic mass is 10.2. The molecule has 0 spiro atoms. The molecule has 22 heavy (non-hydrogen) atoms. The minimum Gasteiger partial charge on any atom is -0.468 e. The number of ether oxygens (including phenoxy) is 1. The van der Waals surface area contributed by atoms with Gasteiger partial charge in [0.25, 0.3) is 0 Å². The highest BCUT2D eigenvalue weighted by Crippen LogP contribution is 2.39. The lowest BCUT2D eigenvalue weighted by Gasteiger charge is -2.02. The molecule has 0 radical (unpaired) electrons. The summed E-state index contributed by atoms with van der Waals surface area (Å²) in [7, 11) is 3.20. The number of hydrogen-bond donors (Lipinski definition) is 1. The van der Waals surface area contributed by atoms with Gasteiger partial charge in [0, 0.05) is 18.6 Å². The molecule has 3 aromatic heterocycles. The first-order chi connectivity index (χ1) is 10.6. The summed E-state index contributed by atoms with van der Waals surface area (Å²) in [6.45, 7) is 0. The van der Waals surface area contributed by atoms with E-state index in [2.05, 4.69) is 19.9 Å². The van der Waals surface area contributed by atoms with E-state index in [1.165, 1.54) is 30.2 Å². The number of hydrogen-bond acceptors (Lipinski definition) is 8. The zero-order valence-electron chi connectivity index (χ0n) is 11.9. The first kappa shape index (κ1) is 14.8. The molecule has 0 atom stereocenters. The van der Waals surface area contributed by atoms with Gasteiger partial charge in [-0.2, -0.15) is 0 Å². The SMILES string of the molecule is COC(=O)CSc1nnc(-c2sc3ncccc3c2N)n1C. The number of fused-ring (bicyclic) bond motifs is 1. The zero-order valence-corrected chi connectivity index (χ0v) is 13.6. The van der Waals surface area contributed by atoms with E-state index in [1.807, 2.05) is 23.7 Å².